The summed E-state index contributed by atoms with van der Waals surface area (Å²) < 4.78 is 4.82. The molecule has 7 heteroatoms. The van der Waals surface area contributed by atoms with Crippen LogP contribution in [0.4, 0.5) is 0 Å². The summed E-state index contributed by atoms with van der Waals surface area (Å²) in [5.74, 6) is -0.281. The molecular formula is C10H12N4O3. The van der Waals surface area contributed by atoms with Crippen LogP contribution < -0.4 is 10.9 Å². The van der Waals surface area contributed by atoms with Gasteiger partial charge in [0.05, 0.1) is 23.9 Å². The quantitative estimate of drug-likeness (QED) is 0.630. The number of nitrogens with one attached hydrogen (secondary N) is 3. The van der Waals surface area contributed by atoms with Crippen LogP contribution in [0.1, 0.15) is 10.4 Å². The highest BCUT2D eigenvalue weighted by atomic mass is 16.5. The molecule has 0 bridgehead atoms. The molecule has 0 unspecified atom stereocenters. The Labute approximate surface area is 96.2 Å². The number of ether oxygens (including phenoxy) is 1. The molecule has 2 heterocycles. The average molecular weight is 236 g/mol. The maximum Gasteiger partial charge on any atom is 0.267 e. The summed E-state index contributed by atoms with van der Waals surface area (Å²) in [5.41, 5.74) is 0.901. The first-order valence-electron chi connectivity index (χ1n) is 5.06. The fraction of sp³-hybridized carbons (Fsp3) is 0.300. The monoisotopic (exact) mass is 236 g/mol. The molecule has 0 aromatic carbocycles. The fourth-order valence-electron chi connectivity index (χ4n) is 1.46. The van der Waals surface area contributed by atoms with Gasteiger partial charge < -0.3 is 20.0 Å². The second kappa shape index (κ2) is 4.79. The summed E-state index contributed by atoms with van der Waals surface area (Å²) in [7, 11) is 1.55. The van der Waals surface area contributed by atoms with Crippen molar-refractivity contribution in [3.05, 3.63) is 28.3 Å². The first kappa shape index (κ1) is 11.3. The van der Waals surface area contributed by atoms with Crippen molar-refractivity contribution in [2.24, 2.45) is 0 Å². The molecular weight excluding hydrogens is 224 g/mol. The lowest BCUT2D eigenvalue weighted by molar-refractivity contribution is 0.0938. The number of aromatic nitrogens is 3. The van der Waals surface area contributed by atoms with E-state index in [1.807, 2.05) is 0 Å². The van der Waals surface area contributed by atoms with Gasteiger partial charge in [-0.1, -0.05) is 0 Å². The lowest BCUT2D eigenvalue weighted by atomic mass is 10.3. The maximum absolute atomic E-state index is 11.8. The third kappa shape index (κ3) is 2.34. The molecule has 0 atom stereocenters. The Morgan fingerprint density at radius 1 is 1.59 bits per heavy atom. The first-order chi connectivity index (χ1) is 8.22. The van der Waals surface area contributed by atoms with E-state index >= 15 is 0 Å². The summed E-state index contributed by atoms with van der Waals surface area (Å²) in [6.07, 6.45) is 2.67. The van der Waals surface area contributed by atoms with E-state index in [0.29, 0.717) is 29.9 Å². The molecule has 0 aliphatic heterocycles. The van der Waals surface area contributed by atoms with E-state index in [0.717, 1.165) is 6.20 Å². The van der Waals surface area contributed by atoms with Crippen LogP contribution in [-0.2, 0) is 4.74 Å². The van der Waals surface area contributed by atoms with Crippen molar-refractivity contribution in [3.63, 3.8) is 0 Å². The number of carbonyl (C=O) groups excluding carboxylic acids is 1. The summed E-state index contributed by atoms with van der Waals surface area (Å²) in [5, 5.41) is 2.66. The van der Waals surface area contributed by atoms with Crippen molar-refractivity contribution in [3.8, 4) is 0 Å². The smallest absolute Gasteiger partial charge is 0.267 e. The molecule has 2 aromatic heterocycles. The van der Waals surface area contributed by atoms with E-state index in [2.05, 4.69) is 20.3 Å². The van der Waals surface area contributed by atoms with Crippen molar-refractivity contribution in [1.29, 1.82) is 0 Å². The summed E-state index contributed by atoms with van der Waals surface area (Å²) in [4.78, 5) is 32.2. The molecule has 0 aliphatic carbocycles. The van der Waals surface area contributed by atoms with Crippen LogP contribution in [0, 0.1) is 0 Å². The summed E-state index contributed by atoms with van der Waals surface area (Å²) in [6.45, 7) is 0.843. The zero-order chi connectivity index (χ0) is 12.3. The predicted molar refractivity (Wildman–Crippen MR) is 60.9 cm³/mol. The normalized spacial score (nSPS) is 10.6. The largest absolute Gasteiger partial charge is 0.383 e. The number of methoxy groups -OCH3 is 1. The minimum atomic E-state index is -0.344. The summed E-state index contributed by atoms with van der Waals surface area (Å²) in [6, 6.07) is 0. The van der Waals surface area contributed by atoms with Gasteiger partial charge in [-0.25, -0.2) is 4.98 Å². The first-order valence-corrected chi connectivity index (χ1v) is 5.06. The lowest BCUT2D eigenvalue weighted by Gasteiger charge is -2.02. The van der Waals surface area contributed by atoms with Crippen LogP contribution >= 0.6 is 0 Å². The van der Waals surface area contributed by atoms with Crippen LogP contribution in [0.5, 0.6) is 0 Å². The number of hydrogen-bond acceptors (Lipinski definition) is 4. The van der Waals surface area contributed by atoms with Gasteiger partial charge in [0.2, 0.25) is 0 Å². The zero-order valence-corrected chi connectivity index (χ0v) is 9.24. The van der Waals surface area contributed by atoms with Gasteiger partial charge in [0.1, 0.15) is 0 Å². The average Bonchev–Trinajstić information content (AvgIpc) is 2.72. The standard InChI is InChI=1S/C10H12N4O3/c1-17-3-2-11-10(16)6-4-12-9-8(6)14-7(15)5-13-9/h4-5H,2-3H2,1H3,(H,11,16)(H,12,13)(H,14,15). The number of nitrogens with zero attached hydrogens (tertiary/aromatic N) is 1. The Morgan fingerprint density at radius 2 is 2.41 bits per heavy atom. The van der Waals surface area contributed by atoms with Gasteiger partial charge in [-0.3, -0.25) is 9.59 Å². The topological polar surface area (TPSA) is 99.9 Å². The van der Waals surface area contributed by atoms with Crippen LogP contribution in [-0.4, -0.2) is 41.1 Å². The van der Waals surface area contributed by atoms with Crippen molar-refractivity contribution in [2.45, 2.75) is 0 Å². The Balaban J connectivity index is 2.26. The van der Waals surface area contributed by atoms with Crippen molar-refractivity contribution < 1.29 is 9.53 Å². The van der Waals surface area contributed by atoms with Crippen molar-refractivity contribution >= 4 is 17.1 Å². The Kier molecular flexibility index (Phi) is 3.20. The number of carbonyl (C=O) groups is 1. The van der Waals surface area contributed by atoms with Gasteiger partial charge in [0.25, 0.3) is 11.5 Å². The molecule has 17 heavy (non-hydrogen) atoms. The molecule has 0 saturated heterocycles. The minimum Gasteiger partial charge on any atom is -0.383 e. The minimum absolute atomic E-state index is 0.281. The van der Waals surface area contributed by atoms with Crippen molar-refractivity contribution in [1.82, 2.24) is 20.3 Å². The van der Waals surface area contributed by atoms with Crippen LogP contribution in [0.3, 0.4) is 0 Å². The molecule has 7 nitrogen and oxygen atoms in total. The molecule has 2 aromatic rings. The number of aromatic amines is 2. The molecule has 0 radical (unpaired) electrons. The number of amides is 1. The molecule has 2 rings (SSSR count). The lowest BCUT2D eigenvalue weighted by Crippen LogP contribution is -2.27. The molecule has 0 spiro atoms. The van der Waals surface area contributed by atoms with Gasteiger partial charge >= 0.3 is 0 Å². The highest BCUT2D eigenvalue weighted by Crippen LogP contribution is 2.10. The van der Waals surface area contributed by atoms with E-state index in [1.54, 1.807) is 7.11 Å². The molecule has 0 saturated carbocycles. The number of hydrogen-bond donors (Lipinski definition) is 3. The third-order valence-corrected chi connectivity index (χ3v) is 2.25. The second-order valence-corrected chi connectivity index (χ2v) is 3.42. The van der Waals surface area contributed by atoms with Crippen LogP contribution in [0.25, 0.3) is 11.2 Å². The number of H-pyrrole nitrogens is 2. The fourth-order valence-corrected chi connectivity index (χ4v) is 1.46. The van der Waals surface area contributed by atoms with Crippen LogP contribution in [0.2, 0.25) is 0 Å². The van der Waals surface area contributed by atoms with Crippen LogP contribution in [0.15, 0.2) is 17.2 Å². The number of rotatable bonds is 4. The van der Waals surface area contributed by atoms with E-state index in [-0.39, 0.29) is 11.5 Å². The Bertz CT molecular complexity index is 586. The zero-order valence-electron chi connectivity index (χ0n) is 9.24. The van der Waals surface area contributed by atoms with Gasteiger partial charge in [-0.2, -0.15) is 0 Å². The highest BCUT2D eigenvalue weighted by molar-refractivity contribution is 6.04. The van der Waals surface area contributed by atoms with Gasteiger partial charge in [0, 0.05) is 19.9 Å². The van der Waals surface area contributed by atoms with Gasteiger partial charge in [0.15, 0.2) is 5.65 Å². The van der Waals surface area contributed by atoms with E-state index in [9.17, 15) is 9.59 Å². The molecule has 1 amide bonds. The third-order valence-electron chi connectivity index (χ3n) is 2.25. The SMILES string of the molecule is COCCNC(=O)c1c[nH]c2ncc(=O)[nH]c12. The van der Waals surface area contributed by atoms with E-state index in [1.165, 1.54) is 6.20 Å². The second-order valence-electron chi connectivity index (χ2n) is 3.42. The molecule has 0 fully saturated rings. The predicted octanol–water partition coefficient (Wildman–Crippen LogP) is -0.373. The Morgan fingerprint density at radius 3 is 3.18 bits per heavy atom. The molecule has 0 aliphatic rings. The van der Waals surface area contributed by atoms with Gasteiger partial charge in [-0.05, 0) is 0 Å². The highest BCUT2D eigenvalue weighted by Gasteiger charge is 2.12. The maximum atomic E-state index is 11.8. The molecule has 90 valence electrons. The number of fused-ring (bicyclic) bond motifs is 1. The molecule has 3 N–H and O–H groups in total. The van der Waals surface area contributed by atoms with Gasteiger partial charge in [-0.15, -0.1) is 0 Å². The summed E-state index contributed by atoms with van der Waals surface area (Å²) >= 11 is 0. The van der Waals surface area contributed by atoms with Crippen molar-refractivity contribution in [2.75, 3.05) is 20.3 Å². The Hall–Kier alpha value is -2.15. The van der Waals surface area contributed by atoms with E-state index < -0.39 is 0 Å². The van der Waals surface area contributed by atoms with E-state index in [4.69, 9.17) is 4.74 Å².